The zero-order valence-corrected chi connectivity index (χ0v) is 14.7. The Morgan fingerprint density at radius 2 is 1.92 bits per heavy atom. The molecule has 1 aromatic heterocycles. The molecule has 1 heterocycles. The van der Waals surface area contributed by atoms with E-state index in [2.05, 4.69) is 26.4 Å². The quantitative estimate of drug-likeness (QED) is 0.647. The second kappa shape index (κ2) is 7.14. The highest BCUT2D eigenvalue weighted by Gasteiger charge is 2.17. The molecular weight excluding hydrogens is 398 g/mol. The molecule has 3 aromatic rings. The molecule has 0 spiro atoms. The van der Waals surface area contributed by atoms with Gasteiger partial charge in [-0.15, -0.1) is 0 Å². The number of hydrogen-bond acceptors (Lipinski definition) is 4. The zero-order valence-electron chi connectivity index (χ0n) is 13.1. The number of aromatic nitrogens is 4. The second-order valence-electron chi connectivity index (χ2n) is 5.16. The van der Waals surface area contributed by atoms with Crippen LogP contribution in [0.5, 0.6) is 5.75 Å². The van der Waals surface area contributed by atoms with E-state index in [1.807, 2.05) is 0 Å². The van der Waals surface area contributed by atoms with Gasteiger partial charge in [0.25, 0.3) is 6.43 Å². The fraction of sp³-hybridized carbons (Fsp3) is 0.188. The Balaban J connectivity index is 1.97. The topological polar surface area (TPSA) is 61.9 Å². The summed E-state index contributed by atoms with van der Waals surface area (Å²) in [5.41, 5.74) is 0.441. The van der Waals surface area contributed by atoms with Crippen molar-refractivity contribution in [1.29, 1.82) is 0 Å². The summed E-state index contributed by atoms with van der Waals surface area (Å²) in [5.74, 6) is 0.0886. The number of tetrazole rings is 1. The summed E-state index contributed by atoms with van der Waals surface area (Å²) in [6.07, 6.45) is -2.64. The monoisotopic (exact) mass is 410 g/mol. The lowest BCUT2D eigenvalue weighted by Gasteiger charge is -2.14. The molecule has 0 radical (unpaired) electrons. The average molecular weight is 411 g/mol. The number of ether oxygens (including phenoxy) is 1. The molecule has 0 bridgehead atoms. The fourth-order valence-electron chi connectivity index (χ4n) is 2.30. The lowest BCUT2D eigenvalue weighted by atomic mass is 10.2. The lowest BCUT2D eigenvalue weighted by molar-refractivity contribution is 0.144. The first kappa shape index (κ1) is 17.3. The molecule has 0 saturated heterocycles. The summed E-state index contributed by atoms with van der Waals surface area (Å²) in [6.45, 7) is -0.0243. The van der Waals surface area contributed by atoms with Crippen molar-refractivity contribution in [3.05, 3.63) is 68.5 Å². The van der Waals surface area contributed by atoms with Crippen LogP contribution in [0.25, 0.3) is 5.69 Å². The summed E-state index contributed by atoms with van der Waals surface area (Å²) in [6, 6.07) is 11.1. The molecule has 0 aliphatic carbocycles. The predicted molar refractivity (Wildman–Crippen MR) is 90.0 cm³/mol. The number of rotatable bonds is 5. The van der Waals surface area contributed by atoms with Gasteiger partial charge in [0.05, 0.1) is 11.3 Å². The molecule has 0 fully saturated rings. The first-order valence-electron chi connectivity index (χ1n) is 7.25. The molecule has 0 N–H and O–H groups in total. The van der Waals surface area contributed by atoms with Gasteiger partial charge in [0.1, 0.15) is 12.4 Å². The Hall–Kier alpha value is -2.55. The van der Waals surface area contributed by atoms with Gasteiger partial charge in [-0.25, -0.2) is 13.6 Å². The van der Waals surface area contributed by atoms with Crippen molar-refractivity contribution in [2.24, 2.45) is 7.05 Å². The van der Waals surface area contributed by atoms with Gasteiger partial charge < -0.3 is 4.74 Å². The van der Waals surface area contributed by atoms with Crippen molar-refractivity contribution >= 4 is 15.9 Å². The lowest BCUT2D eigenvalue weighted by Crippen LogP contribution is -2.23. The third-order valence-corrected chi connectivity index (χ3v) is 4.31. The highest BCUT2D eigenvalue weighted by molar-refractivity contribution is 9.10. The Morgan fingerprint density at radius 1 is 1.16 bits per heavy atom. The maximum Gasteiger partial charge on any atom is 0.368 e. The van der Waals surface area contributed by atoms with E-state index >= 15 is 0 Å². The van der Waals surface area contributed by atoms with Crippen LogP contribution >= 0.6 is 15.9 Å². The van der Waals surface area contributed by atoms with Crippen LogP contribution in [0, 0.1) is 0 Å². The number of para-hydroxylation sites is 1. The van der Waals surface area contributed by atoms with E-state index in [-0.39, 0.29) is 17.9 Å². The number of benzene rings is 2. The molecule has 0 amide bonds. The molecule has 0 aliphatic rings. The first-order chi connectivity index (χ1) is 12.0. The molecule has 9 heteroatoms. The summed E-state index contributed by atoms with van der Waals surface area (Å²) in [7, 11) is 1.48. The fourth-order valence-corrected chi connectivity index (χ4v) is 2.77. The first-order valence-corrected chi connectivity index (χ1v) is 8.05. The van der Waals surface area contributed by atoms with Gasteiger partial charge in [-0.1, -0.05) is 34.1 Å². The molecule has 0 unspecified atom stereocenters. The number of alkyl halides is 2. The Labute approximate surface area is 149 Å². The van der Waals surface area contributed by atoms with Crippen LogP contribution in [-0.4, -0.2) is 19.8 Å². The van der Waals surface area contributed by atoms with Crippen molar-refractivity contribution < 1.29 is 13.5 Å². The highest BCUT2D eigenvalue weighted by atomic mass is 79.9. The average Bonchev–Trinajstić information content (AvgIpc) is 2.93. The largest absolute Gasteiger partial charge is 0.488 e. The van der Waals surface area contributed by atoms with Crippen LogP contribution < -0.4 is 10.4 Å². The summed E-state index contributed by atoms with van der Waals surface area (Å²) in [4.78, 5) is 12.1. The third-order valence-electron chi connectivity index (χ3n) is 3.57. The third kappa shape index (κ3) is 3.46. The van der Waals surface area contributed by atoms with Gasteiger partial charge in [-0.2, -0.15) is 9.36 Å². The normalized spacial score (nSPS) is 11.1. The maximum atomic E-state index is 13.1. The summed E-state index contributed by atoms with van der Waals surface area (Å²) in [5, 5.41) is 7.49. The van der Waals surface area contributed by atoms with Crippen LogP contribution in [0.2, 0.25) is 0 Å². The summed E-state index contributed by atoms with van der Waals surface area (Å²) < 4.78 is 34.6. The van der Waals surface area contributed by atoms with E-state index < -0.39 is 12.1 Å². The molecule has 25 heavy (non-hydrogen) atoms. The van der Waals surface area contributed by atoms with Crippen molar-refractivity contribution in [2.45, 2.75) is 13.0 Å². The standard InChI is InChI=1S/C16H13BrF2N4O2/c1-22-16(24)23(21-20-22)13-7-4-6-12(17)11(13)9-25-14-8-3-2-5-10(14)15(18)19/h2-8,15H,9H2,1H3. The van der Waals surface area contributed by atoms with Crippen LogP contribution in [-0.2, 0) is 13.7 Å². The predicted octanol–water partition coefficient (Wildman–Crippen LogP) is 3.25. The smallest absolute Gasteiger partial charge is 0.368 e. The van der Waals surface area contributed by atoms with Crippen LogP contribution in [0.3, 0.4) is 0 Å². The van der Waals surface area contributed by atoms with Crippen LogP contribution in [0.1, 0.15) is 17.6 Å². The Morgan fingerprint density at radius 3 is 2.60 bits per heavy atom. The van der Waals surface area contributed by atoms with E-state index in [4.69, 9.17) is 4.74 Å². The minimum atomic E-state index is -2.64. The molecular formula is C16H13BrF2N4O2. The van der Waals surface area contributed by atoms with Gasteiger partial charge in [0.15, 0.2) is 0 Å². The van der Waals surface area contributed by atoms with Crippen molar-refractivity contribution in [1.82, 2.24) is 19.8 Å². The van der Waals surface area contributed by atoms with E-state index in [9.17, 15) is 13.6 Å². The van der Waals surface area contributed by atoms with Crippen molar-refractivity contribution in [2.75, 3.05) is 0 Å². The van der Waals surface area contributed by atoms with Gasteiger partial charge >= 0.3 is 5.69 Å². The van der Waals surface area contributed by atoms with E-state index in [0.717, 1.165) is 9.36 Å². The van der Waals surface area contributed by atoms with E-state index in [1.54, 1.807) is 24.3 Å². The molecule has 3 rings (SSSR count). The molecule has 130 valence electrons. The minimum absolute atomic E-state index is 0.0243. The zero-order chi connectivity index (χ0) is 18.0. The SMILES string of the molecule is Cn1nnn(-c2cccc(Br)c2COc2ccccc2C(F)F)c1=O. The summed E-state index contributed by atoms with van der Waals surface area (Å²) >= 11 is 3.40. The molecule has 6 nitrogen and oxygen atoms in total. The second-order valence-corrected chi connectivity index (χ2v) is 6.02. The number of nitrogens with zero attached hydrogens (tertiary/aromatic N) is 4. The van der Waals surface area contributed by atoms with Gasteiger partial charge in [-0.05, 0) is 34.7 Å². The van der Waals surface area contributed by atoms with Crippen LogP contribution in [0.4, 0.5) is 8.78 Å². The maximum absolute atomic E-state index is 13.1. The van der Waals surface area contributed by atoms with Gasteiger partial charge in [0, 0.05) is 17.1 Å². The Bertz CT molecular complexity index is 955. The number of hydrogen-bond donors (Lipinski definition) is 0. The highest BCUT2D eigenvalue weighted by Crippen LogP contribution is 2.30. The molecule has 0 atom stereocenters. The van der Waals surface area contributed by atoms with Crippen molar-refractivity contribution in [3.8, 4) is 11.4 Å². The number of halogens is 3. The molecule has 0 saturated carbocycles. The van der Waals surface area contributed by atoms with Crippen LogP contribution in [0.15, 0.2) is 51.7 Å². The van der Waals surface area contributed by atoms with E-state index in [1.165, 1.54) is 25.2 Å². The Kier molecular flexibility index (Phi) is 4.93. The van der Waals surface area contributed by atoms with Crippen molar-refractivity contribution in [3.63, 3.8) is 0 Å². The minimum Gasteiger partial charge on any atom is -0.488 e. The number of aryl methyl sites for hydroxylation is 1. The van der Waals surface area contributed by atoms with E-state index in [0.29, 0.717) is 15.7 Å². The van der Waals surface area contributed by atoms with Gasteiger partial charge in [-0.3, -0.25) is 0 Å². The molecule has 0 aliphatic heterocycles. The van der Waals surface area contributed by atoms with Gasteiger partial charge in [0.2, 0.25) is 0 Å². The molecule has 2 aromatic carbocycles.